The van der Waals surface area contributed by atoms with Crippen LogP contribution in [0.1, 0.15) is 41.7 Å². The summed E-state index contributed by atoms with van der Waals surface area (Å²) in [5.74, 6) is -0.175. The third-order valence-electron chi connectivity index (χ3n) is 4.38. The van der Waals surface area contributed by atoms with E-state index in [0.717, 1.165) is 19.4 Å². The highest BCUT2D eigenvalue weighted by Gasteiger charge is 2.27. The fourth-order valence-corrected chi connectivity index (χ4v) is 3.95. The van der Waals surface area contributed by atoms with Gasteiger partial charge in [0.2, 0.25) is 5.91 Å². The number of nitrogens with zero attached hydrogens (tertiary/aromatic N) is 1. The first-order chi connectivity index (χ1) is 12.2. The van der Waals surface area contributed by atoms with Gasteiger partial charge in [0.05, 0.1) is 6.54 Å². The summed E-state index contributed by atoms with van der Waals surface area (Å²) in [4.78, 5) is 26.6. The zero-order valence-electron chi connectivity index (χ0n) is 14.3. The van der Waals surface area contributed by atoms with Crippen molar-refractivity contribution in [2.75, 3.05) is 25.0 Å². The van der Waals surface area contributed by atoms with Crippen molar-refractivity contribution in [1.82, 2.24) is 10.2 Å². The van der Waals surface area contributed by atoms with Gasteiger partial charge >= 0.3 is 0 Å². The van der Waals surface area contributed by atoms with Gasteiger partial charge in [0, 0.05) is 23.8 Å². The van der Waals surface area contributed by atoms with Crippen molar-refractivity contribution in [1.29, 1.82) is 0 Å². The summed E-state index contributed by atoms with van der Waals surface area (Å²) < 4.78 is 0. The molecule has 1 aromatic carbocycles. The predicted molar refractivity (Wildman–Crippen MR) is 101 cm³/mol. The highest BCUT2D eigenvalue weighted by atomic mass is 32.1. The van der Waals surface area contributed by atoms with Gasteiger partial charge in [-0.05, 0) is 66.9 Å². The van der Waals surface area contributed by atoms with Crippen LogP contribution < -0.4 is 10.6 Å². The SMILES string of the molecule is CCNC(=O)c1cccc(NC(=O)CN2CCC[C@@H]2c2ccsc2)c1. The Bertz CT molecular complexity index is 730. The lowest BCUT2D eigenvalue weighted by atomic mass is 10.1. The average Bonchev–Trinajstić information content (AvgIpc) is 3.26. The van der Waals surface area contributed by atoms with Crippen molar-refractivity contribution in [3.63, 3.8) is 0 Å². The van der Waals surface area contributed by atoms with Gasteiger partial charge in [-0.15, -0.1) is 0 Å². The molecular formula is C19H23N3O2S. The maximum atomic E-state index is 12.4. The number of carbonyl (C=O) groups is 2. The molecule has 0 unspecified atom stereocenters. The zero-order chi connectivity index (χ0) is 17.6. The van der Waals surface area contributed by atoms with Crippen molar-refractivity contribution in [2.24, 2.45) is 0 Å². The van der Waals surface area contributed by atoms with Gasteiger partial charge in [-0.1, -0.05) is 6.07 Å². The fourth-order valence-electron chi connectivity index (χ4n) is 3.24. The molecule has 2 aromatic rings. The largest absolute Gasteiger partial charge is 0.352 e. The molecule has 5 nitrogen and oxygen atoms in total. The molecule has 1 fully saturated rings. The molecule has 0 bridgehead atoms. The average molecular weight is 357 g/mol. The lowest BCUT2D eigenvalue weighted by molar-refractivity contribution is -0.117. The molecule has 6 heteroatoms. The second-order valence-corrected chi connectivity index (χ2v) is 6.95. The van der Waals surface area contributed by atoms with Gasteiger partial charge in [-0.3, -0.25) is 14.5 Å². The predicted octanol–water partition coefficient (Wildman–Crippen LogP) is 3.27. The van der Waals surface area contributed by atoms with Gasteiger partial charge < -0.3 is 10.6 Å². The van der Waals surface area contributed by atoms with E-state index < -0.39 is 0 Å². The first-order valence-electron chi connectivity index (χ1n) is 8.61. The topological polar surface area (TPSA) is 61.4 Å². The van der Waals surface area contributed by atoms with E-state index in [2.05, 4.69) is 32.4 Å². The minimum Gasteiger partial charge on any atom is -0.352 e. The highest BCUT2D eigenvalue weighted by Crippen LogP contribution is 2.32. The summed E-state index contributed by atoms with van der Waals surface area (Å²) in [5.41, 5.74) is 2.51. The maximum Gasteiger partial charge on any atom is 0.251 e. The first kappa shape index (κ1) is 17.6. The van der Waals surface area contributed by atoms with Gasteiger partial charge in [0.15, 0.2) is 0 Å². The van der Waals surface area contributed by atoms with Crippen molar-refractivity contribution in [2.45, 2.75) is 25.8 Å². The van der Waals surface area contributed by atoms with E-state index in [9.17, 15) is 9.59 Å². The minimum absolute atomic E-state index is 0.0461. The third-order valence-corrected chi connectivity index (χ3v) is 5.09. The quantitative estimate of drug-likeness (QED) is 0.834. The Morgan fingerprint density at radius 2 is 2.20 bits per heavy atom. The molecular weight excluding hydrogens is 334 g/mol. The Balaban J connectivity index is 1.61. The summed E-state index contributed by atoms with van der Waals surface area (Å²) >= 11 is 1.69. The molecule has 0 saturated carbocycles. The van der Waals surface area contributed by atoms with E-state index in [1.165, 1.54) is 5.56 Å². The van der Waals surface area contributed by atoms with Gasteiger partial charge in [0.1, 0.15) is 0 Å². The summed E-state index contributed by atoms with van der Waals surface area (Å²) in [6.45, 7) is 3.76. The number of thiophene rings is 1. The molecule has 1 saturated heterocycles. The number of amides is 2. The van der Waals surface area contributed by atoms with Crippen molar-refractivity contribution < 1.29 is 9.59 Å². The van der Waals surface area contributed by atoms with E-state index in [1.807, 2.05) is 6.92 Å². The van der Waals surface area contributed by atoms with Crippen LogP contribution in [0.4, 0.5) is 5.69 Å². The Morgan fingerprint density at radius 3 is 2.96 bits per heavy atom. The smallest absolute Gasteiger partial charge is 0.251 e. The third kappa shape index (κ3) is 4.46. The van der Waals surface area contributed by atoms with Gasteiger partial charge in [0.25, 0.3) is 5.91 Å². The Labute approximate surface area is 152 Å². The van der Waals surface area contributed by atoms with Crippen LogP contribution in [-0.2, 0) is 4.79 Å². The number of carbonyl (C=O) groups excluding carboxylic acids is 2. The molecule has 0 radical (unpaired) electrons. The second kappa shape index (κ2) is 8.27. The molecule has 1 atom stereocenters. The fraction of sp³-hybridized carbons (Fsp3) is 0.368. The van der Waals surface area contributed by atoms with Crippen LogP contribution in [0.5, 0.6) is 0 Å². The first-order valence-corrected chi connectivity index (χ1v) is 9.56. The molecule has 132 valence electrons. The summed E-state index contributed by atoms with van der Waals surface area (Å²) in [7, 11) is 0. The van der Waals surface area contributed by atoms with Gasteiger partial charge in [-0.25, -0.2) is 0 Å². The number of hydrogen-bond donors (Lipinski definition) is 2. The molecule has 2 heterocycles. The lowest BCUT2D eigenvalue weighted by Gasteiger charge is -2.23. The van der Waals surface area contributed by atoms with Crippen LogP contribution in [0.3, 0.4) is 0 Å². The van der Waals surface area contributed by atoms with Crippen molar-refractivity contribution in [3.8, 4) is 0 Å². The molecule has 3 rings (SSSR count). The normalized spacial score (nSPS) is 17.4. The van der Waals surface area contributed by atoms with E-state index in [4.69, 9.17) is 0 Å². The van der Waals surface area contributed by atoms with Gasteiger partial charge in [-0.2, -0.15) is 11.3 Å². The number of nitrogens with one attached hydrogen (secondary N) is 2. The van der Waals surface area contributed by atoms with E-state index >= 15 is 0 Å². The Hall–Kier alpha value is -2.18. The monoisotopic (exact) mass is 357 g/mol. The summed E-state index contributed by atoms with van der Waals surface area (Å²) in [5, 5.41) is 9.92. The van der Waals surface area contributed by atoms with Crippen LogP contribution in [0.2, 0.25) is 0 Å². The maximum absolute atomic E-state index is 12.4. The molecule has 2 N–H and O–H groups in total. The summed E-state index contributed by atoms with van der Waals surface area (Å²) in [6.07, 6.45) is 2.21. The van der Waals surface area contributed by atoms with E-state index in [0.29, 0.717) is 30.4 Å². The molecule has 2 amide bonds. The highest BCUT2D eigenvalue weighted by molar-refractivity contribution is 7.07. The van der Waals surface area contributed by atoms with Crippen LogP contribution in [0.25, 0.3) is 0 Å². The molecule has 0 spiro atoms. The molecule has 1 aliphatic heterocycles. The van der Waals surface area contributed by atoms with E-state index in [-0.39, 0.29) is 11.8 Å². The number of rotatable bonds is 6. The number of hydrogen-bond acceptors (Lipinski definition) is 4. The van der Waals surface area contributed by atoms with E-state index in [1.54, 1.807) is 35.6 Å². The van der Waals surface area contributed by atoms with Crippen molar-refractivity contribution >= 4 is 28.8 Å². The Kier molecular flexibility index (Phi) is 5.83. The zero-order valence-corrected chi connectivity index (χ0v) is 15.1. The number of likely N-dealkylation sites (tertiary alicyclic amines) is 1. The van der Waals surface area contributed by atoms with Crippen LogP contribution in [0, 0.1) is 0 Å². The summed E-state index contributed by atoms with van der Waals surface area (Å²) in [6, 6.07) is 9.52. The minimum atomic E-state index is -0.129. The molecule has 25 heavy (non-hydrogen) atoms. The molecule has 1 aromatic heterocycles. The lowest BCUT2D eigenvalue weighted by Crippen LogP contribution is -2.32. The van der Waals surface area contributed by atoms with Crippen LogP contribution >= 0.6 is 11.3 Å². The van der Waals surface area contributed by atoms with Crippen LogP contribution in [0.15, 0.2) is 41.1 Å². The molecule has 1 aliphatic rings. The molecule has 0 aliphatic carbocycles. The van der Waals surface area contributed by atoms with Crippen LogP contribution in [-0.4, -0.2) is 36.3 Å². The number of anilines is 1. The second-order valence-electron chi connectivity index (χ2n) is 6.17. The Morgan fingerprint density at radius 1 is 1.32 bits per heavy atom. The standard InChI is InChI=1S/C19H23N3O2S/c1-2-20-19(24)14-5-3-6-16(11-14)21-18(23)12-22-9-4-7-17(22)15-8-10-25-13-15/h3,5-6,8,10-11,13,17H,2,4,7,9,12H2,1H3,(H,20,24)(H,21,23)/t17-/m1/s1. The number of benzene rings is 1. The van der Waals surface area contributed by atoms with Crippen molar-refractivity contribution in [3.05, 3.63) is 52.2 Å².